The number of anilines is 1. The molecule has 2 aliphatic heterocycles. The van der Waals surface area contributed by atoms with Gasteiger partial charge in [-0.15, -0.1) is 0 Å². The molecule has 2 fully saturated rings. The van der Waals surface area contributed by atoms with E-state index >= 15 is 0 Å². The van der Waals surface area contributed by atoms with E-state index in [0.717, 1.165) is 30.6 Å². The summed E-state index contributed by atoms with van der Waals surface area (Å²) < 4.78 is 2.40. The lowest BCUT2D eigenvalue weighted by Gasteiger charge is -2.23. The van der Waals surface area contributed by atoms with E-state index in [4.69, 9.17) is 0 Å². The molecule has 0 spiro atoms. The third-order valence-electron chi connectivity index (χ3n) is 4.31. The SMILES string of the molecule is CCCNc1nc(C)cn1C1CCN2CCCC12. The van der Waals surface area contributed by atoms with Crippen molar-refractivity contribution in [3.05, 3.63) is 11.9 Å². The van der Waals surface area contributed by atoms with Crippen molar-refractivity contribution in [2.45, 2.75) is 51.6 Å². The Bertz CT molecular complexity index is 412. The number of hydrogen-bond donors (Lipinski definition) is 1. The van der Waals surface area contributed by atoms with Crippen LogP contribution in [0, 0.1) is 6.92 Å². The zero-order chi connectivity index (χ0) is 12.5. The number of nitrogens with zero attached hydrogens (tertiary/aromatic N) is 3. The molecular formula is C14H24N4. The largest absolute Gasteiger partial charge is 0.356 e. The lowest BCUT2D eigenvalue weighted by atomic mass is 10.1. The van der Waals surface area contributed by atoms with E-state index in [2.05, 4.69) is 39.8 Å². The number of rotatable bonds is 4. The van der Waals surface area contributed by atoms with Crippen LogP contribution in [0.5, 0.6) is 0 Å². The highest BCUT2D eigenvalue weighted by Crippen LogP contribution is 2.37. The number of hydrogen-bond acceptors (Lipinski definition) is 3. The molecular weight excluding hydrogens is 224 g/mol. The second kappa shape index (κ2) is 4.92. The maximum Gasteiger partial charge on any atom is 0.203 e. The fourth-order valence-corrected chi connectivity index (χ4v) is 3.52. The van der Waals surface area contributed by atoms with Crippen LogP contribution >= 0.6 is 0 Å². The maximum absolute atomic E-state index is 4.64. The molecule has 0 saturated carbocycles. The van der Waals surface area contributed by atoms with Crippen molar-refractivity contribution in [3.63, 3.8) is 0 Å². The zero-order valence-corrected chi connectivity index (χ0v) is 11.5. The summed E-state index contributed by atoms with van der Waals surface area (Å²) >= 11 is 0. The topological polar surface area (TPSA) is 33.1 Å². The van der Waals surface area contributed by atoms with Crippen molar-refractivity contribution in [1.82, 2.24) is 14.5 Å². The van der Waals surface area contributed by atoms with Crippen molar-refractivity contribution in [1.29, 1.82) is 0 Å². The molecule has 4 nitrogen and oxygen atoms in total. The third-order valence-corrected chi connectivity index (χ3v) is 4.31. The molecule has 3 rings (SSSR count). The summed E-state index contributed by atoms with van der Waals surface area (Å²) in [5.41, 5.74) is 1.13. The molecule has 18 heavy (non-hydrogen) atoms. The summed E-state index contributed by atoms with van der Waals surface area (Å²) in [5.74, 6) is 1.08. The van der Waals surface area contributed by atoms with Crippen LogP contribution in [0.3, 0.4) is 0 Å². The Labute approximate surface area is 109 Å². The molecule has 2 atom stereocenters. The van der Waals surface area contributed by atoms with Crippen LogP contribution in [0.1, 0.15) is 44.3 Å². The molecule has 1 aromatic rings. The quantitative estimate of drug-likeness (QED) is 0.888. The molecule has 2 unspecified atom stereocenters. The first-order valence-electron chi connectivity index (χ1n) is 7.33. The molecule has 2 aliphatic rings. The van der Waals surface area contributed by atoms with Gasteiger partial charge in [-0.2, -0.15) is 0 Å². The van der Waals surface area contributed by atoms with Gasteiger partial charge in [-0.1, -0.05) is 6.92 Å². The predicted octanol–water partition coefficient (Wildman–Crippen LogP) is 2.42. The second-order valence-corrected chi connectivity index (χ2v) is 5.64. The molecule has 0 aromatic carbocycles. The van der Waals surface area contributed by atoms with Crippen molar-refractivity contribution >= 4 is 5.95 Å². The summed E-state index contributed by atoms with van der Waals surface area (Å²) in [6, 6.07) is 1.38. The van der Waals surface area contributed by atoms with E-state index in [9.17, 15) is 0 Å². The minimum absolute atomic E-state index is 0.632. The summed E-state index contributed by atoms with van der Waals surface area (Å²) in [7, 11) is 0. The lowest BCUT2D eigenvalue weighted by molar-refractivity contribution is 0.291. The van der Waals surface area contributed by atoms with E-state index in [0.29, 0.717) is 6.04 Å². The van der Waals surface area contributed by atoms with E-state index in [1.807, 2.05) is 0 Å². The first kappa shape index (κ1) is 12.0. The van der Waals surface area contributed by atoms with Gasteiger partial charge in [0.2, 0.25) is 5.95 Å². The van der Waals surface area contributed by atoms with Gasteiger partial charge in [0.25, 0.3) is 0 Å². The van der Waals surface area contributed by atoms with Crippen molar-refractivity contribution in [2.75, 3.05) is 25.0 Å². The van der Waals surface area contributed by atoms with Crippen LogP contribution in [-0.4, -0.2) is 40.1 Å². The fourth-order valence-electron chi connectivity index (χ4n) is 3.52. The van der Waals surface area contributed by atoms with Gasteiger partial charge in [0.1, 0.15) is 0 Å². The Balaban J connectivity index is 1.82. The average Bonchev–Trinajstić information content (AvgIpc) is 3.00. The molecule has 0 aliphatic carbocycles. The second-order valence-electron chi connectivity index (χ2n) is 5.64. The molecule has 0 bridgehead atoms. The number of nitrogens with one attached hydrogen (secondary N) is 1. The highest BCUT2D eigenvalue weighted by atomic mass is 15.3. The molecule has 0 amide bonds. The van der Waals surface area contributed by atoms with Crippen LogP contribution < -0.4 is 5.32 Å². The Kier molecular flexibility index (Phi) is 3.29. The molecule has 3 heterocycles. The minimum atomic E-state index is 0.632. The minimum Gasteiger partial charge on any atom is -0.356 e. The number of aromatic nitrogens is 2. The van der Waals surface area contributed by atoms with Gasteiger partial charge in [0.15, 0.2) is 0 Å². The van der Waals surface area contributed by atoms with Gasteiger partial charge in [0.05, 0.1) is 11.7 Å². The number of imidazole rings is 1. The standard InChI is InChI=1S/C14H24N4/c1-3-7-15-14-16-11(2)10-18(14)13-6-9-17-8-4-5-12(13)17/h10,12-13H,3-9H2,1-2H3,(H,15,16). The van der Waals surface area contributed by atoms with Crippen LogP contribution in [0.15, 0.2) is 6.20 Å². The normalized spacial score (nSPS) is 27.7. The van der Waals surface area contributed by atoms with Gasteiger partial charge in [-0.05, 0) is 39.2 Å². The predicted molar refractivity (Wildman–Crippen MR) is 74.0 cm³/mol. The maximum atomic E-state index is 4.64. The lowest BCUT2D eigenvalue weighted by Crippen LogP contribution is -2.28. The third kappa shape index (κ3) is 2.03. The molecule has 100 valence electrons. The van der Waals surface area contributed by atoms with Crippen molar-refractivity contribution in [3.8, 4) is 0 Å². The van der Waals surface area contributed by atoms with Crippen LogP contribution in [0.25, 0.3) is 0 Å². The molecule has 1 N–H and O–H groups in total. The Morgan fingerprint density at radius 3 is 3.06 bits per heavy atom. The first-order valence-corrected chi connectivity index (χ1v) is 7.33. The molecule has 0 radical (unpaired) electrons. The van der Waals surface area contributed by atoms with Gasteiger partial charge in [-0.3, -0.25) is 4.90 Å². The van der Waals surface area contributed by atoms with E-state index in [-0.39, 0.29) is 0 Å². The molecule has 2 saturated heterocycles. The Hall–Kier alpha value is -1.03. The zero-order valence-electron chi connectivity index (χ0n) is 11.5. The van der Waals surface area contributed by atoms with Gasteiger partial charge in [0, 0.05) is 25.3 Å². The van der Waals surface area contributed by atoms with E-state index < -0.39 is 0 Å². The fraction of sp³-hybridized carbons (Fsp3) is 0.786. The Morgan fingerprint density at radius 2 is 2.22 bits per heavy atom. The summed E-state index contributed by atoms with van der Waals surface area (Å²) in [6.45, 7) is 7.86. The average molecular weight is 248 g/mol. The van der Waals surface area contributed by atoms with E-state index in [1.54, 1.807) is 0 Å². The van der Waals surface area contributed by atoms with Crippen LogP contribution in [-0.2, 0) is 0 Å². The Morgan fingerprint density at radius 1 is 1.33 bits per heavy atom. The summed E-state index contributed by atoms with van der Waals surface area (Å²) in [4.78, 5) is 7.30. The molecule has 4 heteroatoms. The van der Waals surface area contributed by atoms with Crippen LogP contribution in [0.4, 0.5) is 5.95 Å². The smallest absolute Gasteiger partial charge is 0.203 e. The van der Waals surface area contributed by atoms with Gasteiger partial charge < -0.3 is 9.88 Å². The monoisotopic (exact) mass is 248 g/mol. The van der Waals surface area contributed by atoms with Gasteiger partial charge >= 0.3 is 0 Å². The van der Waals surface area contributed by atoms with Crippen molar-refractivity contribution < 1.29 is 0 Å². The highest BCUT2D eigenvalue weighted by Gasteiger charge is 2.38. The van der Waals surface area contributed by atoms with E-state index in [1.165, 1.54) is 32.4 Å². The first-order chi connectivity index (χ1) is 8.79. The van der Waals surface area contributed by atoms with Crippen LogP contribution in [0.2, 0.25) is 0 Å². The molecule has 1 aromatic heterocycles. The summed E-state index contributed by atoms with van der Waals surface area (Å²) in [6.07, 6.45) is 7.37. The van der Waals surface area contributed by atoms with Crippen molar-refractivity contribution in [2.24, 2.45) is 0 Å². The van der Waals surface area contributed by atoms with Gasteiger partial charge in [-0.25, -0.2) is 4.98 Å². The summed E-state index contributed by atoms with van der Waals surface area (Å²) in [5, 5.41) is 3.47. The number of aryl methyl sites for hydroxylation is 1. The highest BCUT2D eigenvalue weighted by molar-refractivity contribution is 5.30. The number of fused-ring (bicyclic) bond motifs is 1.